The molecule has 0 aliphatic rings. The van der Waals surface area contributed by atoms with Crippen LogP contribution in [0.1, 0.15) is 5.56 Å². The molecule has 2 heterocycles. The molecule has 7 heteroatoms. The van der Waals surface area contributed by atoms with E-state index in [1.807, 2.05) is 43.4 Å². The lowest BCUT2D eigenvalue weighted by molar-refractivity contribution is 0.240. The van der Waals surface area contributed by atoms with Crippen LogP contribution in [-0.2, 0) is 13.2 Å². The van der Waals surface area contributed by atoms with E-state index in [9.17, 15) is 0 Å². The number of hydrogen-bond acceptors (Lipinski definition) is 6. The van der Waals surface area contributed by atoms with E-state index in [0.29, 0.717) is 17.4 Å². The van der Waals surface area contributed by atoms with Crippen LogP contribution in [0.25, 0.3) is 11.5 Å². The number of rotatable bonds is 6. The maximum Gasteiger partial charge on any atom is 0.288 e. The van der Waals surface area contributed by atoms with Crippen LogP contribution in [0, 0.1) is 4.84 Å². The van der Waals surface area contributed by atoms with Crippen LogP contribution in [0.2, 0.25) is 0 Å². The highest BCUT2D eigenvalue weighted by Crippen LogP contribution is 2.17. The van der Waals surface area contributed by atoms with Crippen molar-refractivity contribution in [2.45, 2.75) is 13.2 Å². The fourth-order valence-electron chi connectivity index (χ4n) is 2.32. The van der Waals surface area contributed by atoms with Gasteiger partial charge in [0.15, 0.2) is 0 Å². The van der Waals surface area contributed by atoms with Gasteiger partial charge >= 0.3 is 0 Å². The van der Waals surface area contributed by atoms with Crippen molar-refractivity contribution in [2.24, 2.45) is 0 Å². The van der Waals surface area contributed by atoms with E-state index < -0.39 is 0 Å². The summed E-state index contributed by atoms with van der Waals surface area (Å²) in [5.74, 6) is 1.33. The Kier molecular flexibility index (Phi) is 5.02. The Labute approximate surface area is 145 Å². The predicted octanol–water partition coefficient (Wildman–Crippen LogP) is 3.37. The van der Waals surface area contributed by atoms with Gasteiger partial charge in [0.2, 0.25) is 5.89 Å². The predicted molar refractivity (Wildman–Crippen MR) is 93.0 cm³/mol. The summed E-state index contributed by atoms with van der Waals surface area (Å²) in [6.45, 7) is 1.30. The zero-order valence-electron chi connectivity index (χ0n) is 13.5. The van der Waals surface area contributed by atoms with Crippen molar-refractivity contribution in [2.75, 3.05) is 14.2 Å². The van der Waals surface area contributed by atoms with Crippen LogP contribution < -0.4 is 4.74 Å². The number of nitrogens with zero attached hydrogens (tertiary/aromatic N) is 4. The number of ether oxygens (including phenoxy) is 1. The van der Waals surface area contributed by atoms with Crippen molar-refractivity contribution in [1.82, 2.24) is 19.7 Å². The van der Waals surface area contributed by atoms with Gasteiger partial charge in [-0.15, -0.1) is 5.10 Å². The summed E-state index contributed by atoms with van der Waals surface area (Å²) in [5, 5.41) is 4.43. The second kappa shape index (κ2) is 7.37. The number of aromatic nitrogens is 3. The third-order valence-corrected chi connectivity index (χ3v) is 3.80. The molecule has 3 rings (SSSR count). The number of methoxy groups -OCH3 is 1. The number of hydrogen-bond donors (Lipinski definition) is 0. The normalized spacial score (nSPS) is 11.0. The topological polar surface area (TPSA) is 56.3 Å². The van der Waals surface area contributed by atoms with Crippen molar-refractivity contribution in [1.29, 1.82) is 0 Å². The van der Waals surface area contributed by atoms with E-state index in [-0.39, 0.29) is 0 Å². The van der Waals surface area contributed by atoms with Gasteiger partial charge in [0.1, 0.15) is 5.75 Å². The Morgan fingerprint density at radius 3 is 2.71 bits per heavy atom. The molecule has 0 radical (unpaired) electrons. The number of pyridine rings is 1. The zero-order chi connectivity index (χ0) is 16.9. The Balaban J connectivity index is 1.69. The minimum Gasteiger partial charge on any atom is -0.497 e. The molecule has 1 aromatic carbocycles. The van der Waals surface area contributed by atoms with E-state index in [0.717, 1.165) is 17.9 Å². The van der Waals surface area contributed by atoms with E-state index in [1.165, 1.54) is 5.56 Å². The number of benzene rings is 1. The first kappa shape index (κ1) is 16.4. The highest BCUT2D eigenvalue weighted by Gasteiger charge is 2.10. The Bertz CT molecular complexity index is 843. The molecule has 3 aromatic rings. The average Bonchev–Trinajstić information content (AvgIpc) is 2.97. The molecule has 0 spiro atoms. The van der Waals surface area contributed by atoms with Crippen LogP contribution >= 0.6 is 12.2 Å². The third kappa shape index (κ3) is 3.87. The molecule has 2 aromatic heterocycles. The summed E-state index contributed by atoms with van der Waals surface area (Å²) >= 11 is 5.26. The van der Waals surface area contributed by atoms with Crippen LogP contribution in [-0.4, -0.2) is 33.8 Å². The molecule has 0 fully saturated rings. The van der Waals surface area contributed by atoms with Crippen molar-refractivity contribution < 1.29 is 9.15 Å². The van der Waals surface area contributed by atoms with Gasteiger partial charge in [0.05, 0.1) is 19.3 Å². The fourth-order valence-corrected chi connectivity index (χ4v) is 2.50. The summed E-state index contributed by atoms with van der Waals surface area (Å²) in [6, 6.07) is 11.7. The van der Waals surface area contributed by atoms with Gasteiger partial charge in [-0.1, -0.05) is 12.1 Å². The molecule has 24 heavy (non-hydrogen) atoms. The summed E-state index contributed by atoms with van der Waals surface area (Å²) in [7, 11) is 3.66. The standard InChI is InChI=1S/C17H18N4O2S/c1-20(11-13-5-7-15(22-2)8-6-13)12-21-17(24)23-16(19-21)14-4-3-9-18-10-14/h3-10H,11-12H2,1-2H3. The molecule has 0 saturated heterocycles. The van der Waals surface area contributed by atoms with Gasteiger partial charge in [-0.25, -0.2) is 4.68 Å². The second-order valence-corrected chi connectivity index (χ2v) is 5.77. The molecule has 0 aliphatic carbocycles. The van der Waals surface area contributed by atoms with Gasteiger partial charge in [0, 0.05) is 18.9 Å². The van der Waals surface area contributed by atoms with Crippen molar-refractivity contribution in [3.8, 4) is 17.2 Å². The zero-order valence-corrected chi connectivity index (χ0v) is 14.4. The van der Waals surface area contributed by atoms with E-state index >= 15 is 0 Å². The maximum absolute atomic E-state index is 5.57. The van der Waals surface area contributed by atoms with Crippen molar-refractivity contribution >= 4 is 12.2 Å². The van der Waals surface area contributed by atoms with Gasteiger partial charge in [-0.3, -0.25) is 9.88 Å². The molecule has 0 amide bonds. The summed E-state index contributed by atoms with van der Waals surface area (Å²) in [5.41, 5.74) is 1.99. The van der Waals surface area contributed by atoms with Crippen LogP contribution in [0.15, 0.2) is 53.2 Å². The Morgan fingerprint density at radius 2 is 2.04 bits per heavy atom. The first-order chi connectivity index (χ1) is 11.7. The fraction of sp³-hybridized carbons (Fsp3) is 0.235. The van der Waals surface area contributed by atoms with Crippen molar-refractivity contribution in [3.63, 3.8) is 0 Å². The van der Waals surface area contributed by atoms with Gasteiger partial charge in [0.25, 0.3) is 4.84 Å². The molecule has 0 aliphatic heterocycles. The SMILES string of the molecule is COc1ccc(CN(C)Cn2nc(-c3cccnc3)oc2=S)cc1. The molecular weight excluding hydrogens is 324 g/mol. The average molecular weight is 342 g/mol. The smallest absolute Gasteiger partial charge is 0.288 e. The summed E-state index contributed by atoms with van der Waals surface area (Å²) < 4.78 is 12.4. The minimum absolute atomic E-state index is 0.343. The lowest BCUT2D eigenvalue weighted by atomic mass is 10.2. The second-order valence-electron chi connectivity index (χ2n) is 5.42. The molecular formula is C17H18N4O2S. The van der Waals surface area contributed by atoms with Gasteiger partial charge < -0.3 is 9.15 Å². The first-order valence-corrected chi connectivity index (χ1v) is 7.86. The van der Waals surface area contributed by atoms with Crippen LogP contribution in [0.3, 0.4) is 0 Å². The molecule has 0 atom stereocenters. The van der Waals surface area contributed by atoms with E-state index in [1.54, 1.807) is 24.2 Å². The molecule has 0 bridgehead atoms. The quantitative estimate of drug-likeness (QED) is 0.640. The first-order valence-electron chi connectivity index (χ1n) is 7.45. The lowest BCUT2D eigenvalue weighted by Gasteiger charge is -2.16. The minimum atomic E-state index is 0.343. The lowest BCUT2D eigenvalue weighted by Crippen LogP contribution is -2.22. The third-order valence-electron chi connectivity index (χ3n) is 3.50. The largest absolute Gasteiger partial charge is 0.497 e. The summed E-state index contributed by atoms with van der Waals surface area (Å²) in [4.78, 5) is 6.51. The monoisotopic (exact) mass is 342 g/mol. The van der Waals surface area contributed by atoms with E-state index in [4.69, 9.17) is 21.4 Å². The Morgan fingerprint density at radius 1 is 1.25 bits per heavy atom. The summed E-state index contributed by atoms with van der Waals surface area (Å²) in [6.07, 6.45) is 3.41. The van der Waals surface area contributed by atoms with Gasteiger partial charge in [-0.2, -0.15) is 0 Å². The highest BCUT2D eigenvalue weighted by atomic mass is 32.1. The van der Waals surface area contributed by atoms with Crippen LogP contribution in [0.5, 0.6) is 5.75 Å². The Hall–Kier alpha value is -2.51. The highest BCUT2D eigenvalue weighted by molar-refractivity contribution is 7.71. The molecule has 0 unspecified atom stereocenters. The molecule has 6 nitrogen and oxygen atoms in total. The molecule has 124 valence electrons. The van der Waals surface area contributed by atoms with Crippen molar-refractivity contribution in [3.05, 3.63) is 59.2 Å². The molecule has 0 N–H and O–H groups in total. The maximum atomic E-state index is 5.57. The van der Waals surface area contributed by atoms with E-state index in [2.05, 4.69) is 15.0 Å². The van der Waals surface area contributed by atoms with Gasteiger partial charge in [-0.05, 0) is 49.1 Å². The molecule has 0 saturated carbocycles. The van der Waals surface area contributed by atoms with Crippen LogP contribution in [0.4, 0.5) is 0 Å².